The van der Waals surface area contributed by atoms with E-state index in [1.165, 1.54) is 0 Å². The van der Waals surface area contributed by atoms with E-state index >= 15 is 0 Å². The first kappa shape index (κ1) is 17.7. The summed E-state index contributed by atoms with van der Waals surface area (Å²) in [5.41, 5.74) is 2.18. The van der Waals surface area contributed by atoms with E-state index in [1.54, 1.807) is 12.1 Å². The molecule has 0 saturated carbocycles. The summed E-state index contributed by atoms with van der Waals surface area (Å²) in [6, 6.07) is 13.2. The second kappa shape index (κ2) is 7.25. The maximum absolute atomic E-state index is 9.66. The summed E-state index contributed by atoms with van der Waals surface area (Å²) in [5, 5.41) is 19.0. The molecule has 2 aromatic rings. The van der Waals surface area contributed by atoms with Gasteiger partial charge in [-0.15, -0.1) is 11.6 Å². The Kier molecular flexibility index (Phi) is 5.56. The number of aromatic hydroxyl groups is 1. The molecule has 0 aromatic heterocycles. The highest BCUT2D eigenvalue weighted by Gasteiger charge is 2.25. The molecule has 0 amide bonds. The zero-order valence-electron chi connectivity index (χ0n) is 12.9. The van der Waals surface area contributed by atoms with Gasteiger partial charge in [-0.3, -0.25) is 0 Å². The van der Waals surface area contributed by atoms with Crippen molar-refractivity contribution in [1.82, 2.24) is 0 Å². The number of hydrogen-bond acceptors (Lipinski definition) is 3. The SMILES string of the molecule is CC(C)(c1ccc(O)c(Br)c1)c1ccc(OCCCl)c(C#N)c1. The van der Waals surface area contributed by atoms with E-state index in [9.17, 15) is 10.4 Å². The largest absolute Gasteiger partial charge is 0.507 e. The van der Waals surface area contributed by atoms with Crippen molar-refractivity contribution in [2.45, 2.75) is 19.3 Å². The van der Waals surface area contributed by atoms with Gasteiger partial charge in [-0.05, 0) is 51.3 Å². The molecule has 1 N–H and O–H groups in total. The van der Waals surface area contributed by atoms with Crippen LogP contribution < -0.4 is 4.74 Å². The molecule has 0 aliphatic carbocycles. The van der Waals surface area contributed by atoms with Crippen LogP contribution in [0.5, 0.6) is 11.5 Å². The van der Waals surface area contributed by atoms with Gasteiger partial charge < -0.3 is 9.84 Å². The van der Waals surface area contributed by atoms with E-state index in [0.29, 0.717) is 28.3 Å². The van der Waals surface area contributed by atoms with Crippen LogP contribution in [0.25, 0.3) is 0 Å². The first-order chi connectivity index (χ1) is 10.9. The number of hydrogen-bond donors (Lipinski definition) is 1. The van der Waals surface area contributed by atoms with Gasteiger partial charge in [-0.1, -0.05) is 26.0 Å². The van der Waals surface area contributed by atoms with E-state index in [-0.39, 0.29) is 11.2 Å². The average molecular weight is 395 g/mol. The third-order valence-electron chi connectivity index (χ3n) is 3.83. The molecule has 23 heavy (non-hydrogen) atoms. The van der Waals surface area contributed by atoms with Gasteiger partial charge in [0.2, 0.25) is 0 Å². The molecule has 2 rings (SSSR count). The highest BCUT2D eigenvalue weighted by atomic mass is 79.9. The Morgan fingerprint density at radius 3 is 2.48 bits per heavy atom. The molecule has 0 aliphatic heterocycles. The lowest BCUT2D eigenvalue weighted by Gasteiger charge is -2.27. The van der Waals surface area contributed by atoms with Crippen LogP contribution in [0.2, 0.25) is 0 Å². The smallest absolute Gasteiger partial charge is 0.137 e. The molecule has 0 fully saturated rings. The summed E-state index contributed by atoms with van der Waals surface area (Å²) in [5.74, 6) is 1.12. The summed E-state index contributed by atoms with van der Waals surface area (Å²) < 4.78 is 6.13. The topological polar surface area (TPSA) is 53.2 Å². The molecule has 0 saturated heterocycles. The lowest BCUT2D eigenvalue weighted by molar-refractivity contribution is 0.341. The summed E-state index contributed by atoms with van der Waals surface area (Å²) >= 11 is 8.97. The van der Waals surface area contributed by atoms with Crippen molar-refractivity contribution in [3.63, 3.8) is 0 Å². The molecule has 0 radical (unpaired) electrons. The molecule has 0 bridgehead atoms. The van der Waals surface area contributed by atoms with Gasteiger partial charge in [-0.25, -0.2) is 0 Å². The normalized spacial score (nSPS) is 11.1. The lowest BCUT2D eigenvalue weighted by atomic mass is 9.77. The second-order valence-corrected chi connectivity index (χ2v) is 6.88. The molecular weight excluding hydrogens is 378 g/mol. The van der Waals surface area contributed by atoms with Gasteiger partial charge in [0.05, 0.1) is 15.9 Å². The molecule has 0 unspecified atom stereocenters. The molecule has 0 spiro atoms. The van der Waals surface area contributed by atoms with E-state index in [1.807, 2.05) is 24.3 Å². The number of rotatable bonds is 5. The molecule has 3 nitrogen and oxygen atoms in total. The summed E-state index contributed by atoms with van der Waals surface area (Å²) in [4.78, 5) is 0. The van der Waals surface area contributed by atoms with E-state index < -0.39 is 0 Å². The van der Waals surface area contributed by atoms with Gasteiger partial charge in [0.25, 0.3) is 0 Å². The Morgan fingerprint density at radius 2 is 1.87 bits per heavy atom. The van der Waals surface area contributed by atoms with Crippen LogP contribution in [-0.2, 0) is 5.41 Å². The van der Waals surface area contributed by atoms with Crippen LogP contribution in [0.1, 0.15) is 30.5 Å². The van der Waals surface area contributed by atoms with Crippen LogP contribution in [0.15, 0.2) is 40.9 Å². The molecule has 0 aliphatic rings. The third-order valence-corrected chi connectivity index (χ3v) is 4.62. The first-order valence-corrected chi connectivity index (χ1v) is 8.45. The van der Waals surface area contributed by atoms with Crippen LogP contribution in [0.3, 0.4) is 0 Å². The van der Waals surface area contributed by atoms with Crippen molar-refractivity contribution in [2.24, 2.45) is 0 Å². The monoisotopic (exact) mass is 393 g/mol. The standard InChI is InChI=1S/C18H17BrClNO2/c1-18(2,14-3-5-16(22)15(19)10-14)13-4-6-17(23-8-7-20)12(9-13)11-21/h3-6,9-10,22H,7-8H2,1-2H3. The second-order valence-electron chi connectivity index (χ2n) is 5.65. The predicted octanol–water partition coefficient (Wildman–Crippen LogP) is 4.97. The van der Waals surface area contributed by atoms with Crippen molar-refractivity contribution in [1.29, 1.82) is 5.26 Å². The number of phenolic OH excluding ortho intramolecular Hbond substituents is 1. The fraction of sp³-hybridized carbons (Fsp3) is 0.278. The van der Waals surface area contributed by atoms with E-state index in [2.05, 4.69) is 35.8 Å². The number of nitriles is 1. The Bertz CT molecular complexity index is 753. The molecule has 0 atom stereocenters. The minimum atomic E-state index is -0.327. The van der Waals surface area contributed by atoms with Crippen LogP contribution in [-0.4, -0.2) is 17.6 Å². The third kappa shape index (κ3) is 3.80. The number of halogens is 2. The minimum Gasteiger partial charge on any atom is -0.507 e. The zero-order chi connectivity index (χ0) is 17.0. The number of phenols is 1. The quantitative estimate of drug-likeness (QED) is 0.728. The van der Waals surface area contributed by atoms with Gasteiger partial charge in [0.1, 0.15) is 24.2 Å². The molecular formula is C18H17BrClNO2. The number of benzene rings is 2. The Balaban J connectivity index is 2.43. The van der Waals surface area contributed by atoms with Crippen molar-refractivity contribution < 1.29 is 9.84 Å². The van der Waals surface area contributed by atoms with Crippen molar-refractivity contribution in [2.75, 3.05) is 12.5 Å². The number of nitrogens with zero attached hydrogens (tertiary/aromatic N) is 1. The first-order valence-electron chi connectivity index (χ1n) is 7.12. The molecule has 120 valence electrons. The van der Waals surface area contributed by atoms with Gasteiger partial charge >= 0.3 is 0 Å². The van der Waals surface area contributed by atoms with Crippen LogP contribution >= 0.6 is 27.5 Å². The summed E-state index contributed by atoms with van der Waals surface area (Å²) in [7, 11) is 0. The van der Waals surface area contributed by atoms with Gasteiger partial charge in [-0.2, -0.15) is 5.26 Å². The van der Waals surface area contributed by atoms with E-state index in [4.69, 9.17) is 16.3 Å². The number of ether oxygens (including phenoxy) is 1. The van der Waals surface area contributed by atoms with Gasteiger partial charge in [0.15, 0.2) is 0 Å². The fourth-order valence-corrected chi connectivity index (χ4v) is 2.80. The Morgan fingerprint density at radius 1 is 1.22 bits per heavy atom. The van der Waals surface area contributed by atoms with Crippen LogP contribution in [0, 0.1) is 11.3 Å². The highest BCUT2D eigenvalue weighted by Crippen LogP contribution is 2.37. The predicted molar refractivity (Wildman–Crippen MR) is 95.3 cm³/mol. The Hall–Kier alpha value is -1.70. The zero-order valence-corrected chi connectivity index (χ0v) is 15.3. The molecule has 5 heteroatoms. The average Bonchev–Trinajstić information content (AvgIpc) is 2.55. The Labute approximate surface area is 149 Å². The van der Waals surface area contributed by atoms with E-state index in [0.717, 1.165) is 11.1 Å². The number of alkyl halides is 1. The molecule has 0 heterocycles. The fourth-order valence-electron chi connectivity index (χ4n) is 2.34. The maximum atomic E-state index is 9.66. The summed E-state index contributed by atoms with van der Waals surface area (Å²) in [6.45, 7) is 4.51. The van der Waals surface area contributed by atoms with Crippen molar-refractivity contribution >= 4 is 27.5 Å². The van der Waals surface area contributed by atoms with Crippen LogP contribution in [0.4, 0.5) is 0 Å². The van der Waals surface area contributed by atoms with Crippen molar-refractivity contribution in [3.8, 4) is 17.6 Å². The summed E-state index contributed by atoms with van der Waals surface area (Å²) in [6.07, 6.45) is 0. The maximum Gasteiger partial charge on any atom is 0.137 e. The van der Waals surface area contributed by atoms with Crippen molar-refractivity contribution in [3.05, 3.63) is 57.6 Å². The molecule has 2 aromatic carbocycles. The highest BCUT2D eigenvalue weighted by molar-refractivity contribution is 9.10. The minimum absolute atomic E-state index is 0.201. The lowest BCUT2D eigenvalue weighted by Crippen LogP contribution is -2.19. The van der Waals surface area contributed by atoms with Gasteiger partial charge in [0, 0.05) is 5.41 Å².